The van der Waals surface area contributed by atoms with Gasteiger partial charge in [-0.15, -0.1) is 0 Å². The molecule has 0 aliphatic carbocycles. The van der Waals surface area contributed by atoms with Crippen LogP contribution in [-0.4, -0.2) is 118 Å². The summed E-state index contributed by atoms with van der Waals surface area (Å²) in [6, 6.07) is 14.1. The Balaban J connectivity index is -0.000000173. The number of carboxylic acids is 6. The third-order valence-corrected chi connectivity index (χ3v) is 15.5. The quantitative estimate of drug-likeness (QED) is 0.0258. The van der Waals surface area contributed by atoms with Crippen molar-refractivity contribution in [3.05, 3.63) is 117 Å². The molecular formula is C80H144N8O16V3-. The van der Waals surface area contributed by atoms with E-state index in [0.29, 0.717) is 66.9 Å². The number of nitrogens with one attached hydrogen (secondary N) is 5. The van der Waals surface area contributed by atoms with Crippen LogP contribution in [0.15, 0.2) is 54.6 Å². The van der Waals surface area contributed by atoms with Crippen LogP contribution in [0.4, 0.5) is 0 Å². The maximum absolute atomic E-state index is 10.3. The van der Waals surface area contributed by atoms with Crippen molar-refractivity contribution in [3.63, 3.8) is 0 Å². The zero-order valence-electron chi connectivity index (χ0n) is 66.4. The number of aromatic nitrogens is 3. The molecule has 616 valence electrons. The van der Waals surface area contributed by atoms with Gasteiger partial charge in [-0.05, 0) is 36.4 Å². The van der Waals surface area contributed by atoms with Crippen LogP contribution in [0.2, 0.25) is 0 Å². The molecule has 0 atom stereocenters. The van der Waals surface area contributed by atoms with E-state index < -0.39 is 52.4 Å². The summed E-state index contributed by atoms with van der Waals surface area (Å²) in [4.78, 5) is 73.7. The Labute approximate surface area is 671 Å². The monoisotopic (exact) mass is 1630 g/mol. The zero-order chi connectivity index (χ0) is 82.3. The summed E-state index contributed by atoms with van der Waals surface area (Å²) in [5.41, 5.74) is 37.0. The van der Waals surface area contributed by atoms with Crippen LogP contribution in [0, 0.1) is 0 Å². The summed E-state index contributed by atoms with van der Waals surface area (Å²) in [6.07, 6.45) is 56.7. The van der Waals surface area contributed by atoms with Crippen molar-refractivity contribution in [2.75, 3.05) is 32.7 Å². The van der Waals surface area contributed by atoms with E-state index in [9.17, 15) is 28.8 Å². The molecule has 0 aromatic carbocycles. The molecule has 12 N–H and O–H groups in total. The predicted octanol–water partition coefficient (Wildman–Crippen LogP) is 22.2. The van der Waals surface area contributed by atoms with Crippen LogP contribution in [0.3, 0.4) is 0 Å². The van der Waals surface area contributed by atoms with Crippen LogP contribution >= 0.6 is 0 Å². The first kappa shape index (κ1) is 118. The summed E-state index contributed by atoms with van der Waals surface area (Å²) in [6.45, 7) is 14.4. The predicted molar refractivity (Wildman–Crippen MR) is 418 cm³/mol. The fourth-order valence-corrected chi connectivity index (χ4v) is 9.93. The maximum atomic E-state index is 10.3. The first-order valence-corrected chi connectivity index (χ1v) is 41.8. The van der Waals surface area contributed by atoms with Crippen molar-refractivity contribution in [1.82, 2.24) is 15.0 Å². The van der Waals surface area contributed by atoms with E-state index in [1.54, 1.807) is 54.6 Å². The van der Waals surface area contributed by atoms with Gasteiger partial charge < -0.3 is 59.3 Å². The summed E-state index contributed by atoms with van der Waals surface area (Å²) < 4.78 is 32.1. The van der Waals surface area contributed by atoms with E-state index in [1.807, 2.05) is 0 Å². The molecule has 0 spiro atoms. The normalized spacial score (nSPS) is 9.71. The molecule has 0 amide bonds. The number of unbranched alkanes of at least 4 members (excludes halogenated alkanes) is 38. The molecule has 0 aliphatic rings. The van der Waals surface area contributed by atoms with E-state index in [1.165, 1.54) is 244 Å². The van der Waals surface area contributed by atoms with Crippen molar-refractivity contribution < 1.29 is 126 Å². The van der Waals surface area contributed by atoms with E-state index >= 15 is 0 Å². The van der Waals surface area contributed by atoms with E-state index in [4.69, 9.17) is 74.4 Å². The molecule has 3 aromatic heterocycles. The van der Waals surface area contributed by atoms with Crippen LogP contribution in [0.5, 0.6) is 0 Å². The van der Waals surface area contributed by atoms with Crippen LogP contribution in [0.1, 0.15) is 345 Å². The summed E-state index contributed by atoms with van der Waals surface area (Å²) in [5, 5.41) is 50.9. The number of carboxylic acid groups (broad SMARTS) is 6. The van der Waals surface area contributed by atoms with Gasteiger partial charge in [0.25, 0.3) is 0 Å². The number of aliphatic carboxylic acids is 6. The summed E-state index contributed by atoms with van der Waals surface area (Å²) >= 11 is 0.562. The zero-order valence-corrected chi connectivity index (χ0v) is 70.6. The second-order valence-corrected chi connectivity index (χ2v) is 25.8. The van der Waals surface area contributed by atoms with Gasteiger partial charge >= 0.3 is 102 Å². The Kier molecular flexibility index (Phi) is 116. The molecule has 0 aliphatic heterocycles. The van der Waals surface area contributed by atoms with Gasteiger partial charge in [-0.3, -0.25) is 43.7 Å². The SMILES string of the molecule is CCCCCCCCCCC[NH-].CCCCCCCCCCC[NH-].CCCCCCCCCCC[NH-].CCCCCCCCCC[NH-].CCCCCCCCCC[NH-].O=C(O)Cc1cccc(CC(=O)O)n1.O=C(O)Cc1cccc(CC(=O)O)n1.O=C(O)Cc1cccc(CC(=O)O)n1.[O]=[V+2].[O]=[V+2].[O]=[V][OH]. The van der Waals surface area contributed by atoms with Crippen molar-refractivity contribution in [1.29, 1.82) is 0 Å². The third kappa shape index (κ3) is 117. The summed E-state index contributed by atoms with van der Waals surface area (Å²) in [7, 11) is 0. The molecule has 27 heteroatoms. The molecule has 0 radical (unpaired) electrons. The number of hydrogen-bond donors (Lipinski definition) is 7. The molecule has 24 nitrogen and oxygen atoms in total. The van der Waals surface area contributed by atoms with Gasteiger partial charge in [0.15, 0.2) is 0 Å². The topological polar surface area (TPSA) is 453 Å². The molecule has 3 rings (SSSR count). The number of carbonyl (C=O) groups is 6. The summed E-state index contributed by atoms with van der Waals surface area (Å²) in [5.74, 6) is -5.89. The van der Waals surface area contributed by atoms with Crippen LogP contribution < -0.4 is 0 Å². The minimum atomic E-state index is -1.56. The van der Waals surface area contributed by atoms with Gasteiger partial charge in [-0.1, -0.05) is 329 Å². The Bertz CT molecular complexity index is 2020. The van der Waals surface area contributed by atoms with Crippen molar-refractivity contribution in [2.24, 2.45) is 0 Å². The molecule has 3 aromatic rings. The van der Waals surface area contributed by atoms with Crippen LogP contribution in [0.25, 0.3) is 28.7 Å². The van der Waals surface area contributed by atoms with Gasteiger partial charge in [0, 0.05) is 0 Å². The second kappa shape index (κ2) is 105. The average molecular weight is 1630 g/mol. The van der Waals surface area contributed by atoms with E-state index in [-0.39, 0.29) is 38.5 Å². The molecule has 0 unspecified atom stereocenters. The Morgan fingerprint density at radius 2 is 0.364 bits per heavy atom. The van der Waals surface area contributed by atoms with E-state index in [0.717, 1.165) is 66.8 Å². The van der Waals surface area contributed by atoms with Crippen molar-refractivity contribution in [3.8, 4) is 0 Å². The first-order chi connectivity index (χ1) is 51.7. The van der Waals surface area contributed by atoms with Gasteiger partial charge in [-0.2, -0.15) is 32.7 Å². The Hall–Kier alpha value is -4.82. The van der Waals surface area contributed by atoms with Crippen molar-refractivity contribution in [2.45, 2.75) is 349 Å². The van der Waals surface area contributed by atoms with Gasteiger partial charge in [0.1, 0.15) is 0 Å². The second-order valence-electron chi connectivity index (χ2n) is 25.6. The first-order valence-electron chi connectivity index (χ1n) is 39.4. The van der Waals surface area contributed by atoms with E-state index in [2.05, 4.69) is 49.6 Å². The molecule has 0 fully saturated rings. The third-order valence-electron chi connectivity index (χ3n) is 15.5. The number of nitrogens with zero attached hydrogens (tertiary/aromatic N) is 3. The number of rotatable bonds is 55. The van der Waals surface area contributed by atoms with Crippen LogP contribution in [-0.2, 0) is 130 Å². The fourth-order valence-electron chi connectivity index (χ4n) is 9.93. The minimum absolute atomic E-state index is 0.187. The molecule has 0 saturated heterocycles. The molecule has 0 bridgehead atoms. The van der Waals surface area contributed by atoms with Gasteiger partial charge in [-0.25, -0.2) is 0 Å². The molecule has 3 heterocycles. The van der Waals surface area contributed by atoms with Gasteiger partial charge in [0.05, 0.1) is 72.7 Å². The average Bonchev–Trinajstić information content (AvgIpc) is 0.916. The van der Waals surface area contributed by atoms with Gasteiger partial charge in [0.2, 0.25) is 0 Å². The molecular weight excluding hydrogens is 1480 g/mol. The van der Waals surface area contributed by atoms with Crippen molar-refractivity contribution >= 4 is 35.8 Å². The molecule has 107 heavy (non-hydrogen) atoms. The Morgan fingerprint density at radius 1 is 0.262 bits per heavy atom. The standard InChI is InChI=1S/3C11H24N.2C10H22N.3C9H9NO4.H2O.3O.3V/c3*1-2-3-4-5-6-7-8-9-10-11-12;2*1-2-3-4-5-6-7-8-9-10-11;3*11-8(12)4-6-2-1-3-7(10-6)5-9(13)14;;;;;;;/h3*12H,2-11H2,1H3;2*11H,2-10H2,1H3;3*1-3H,4-5H2,(H,11,12)(H,13,14);1H2;;;;;;/q5*-1;;;;;;;;+1;2*+2/p-1. The number of pyridine rings is 3. The Morgan fingerprint density at radius 3 is 0.458 bits per heavy atom. The number of hydrogen-bond acceptors (Lipinski definition) is 12. The fraction of sp³-hybridized carbons (Fsp3) is 0.738. The molecule has 0 saturated carbocycles.